The second kappa shape index (κ2) is 7.81. The third-order valence-electron chi connectivity index (χ3n) is 2.94. The fraction of sp³-hybridized carbons (Fsp3) is 0.375. The summed E-state index contributed by atoms with van der Waals surface area (Å²) in [6.07, 6.45) is -0.193. The van der Waals surface area contributed by atoms with Crippen molar-refractivity contribution in [3.8, 4) is 0 Å². The van der Waals surface area contributed by atoms with E-state index in [0.29, 0.717) is 12.1 Å². The molecule has 2 aromatic heterocycles. The number of alkyl carbamates (subject to hydrolysis) is 1. The highest BCUT2D eigenvalue weighted by Gasteiger charge is 2.17. The smallest absolute Gasteiger partial charge is 0.407 e. The molecule has 0 aliphatic rings. The number of amides is 1. The summed E-state index contributed by atoms with van der Waals surface area (Å²) in [4.78, 5) is 26.2. The molecule has 0 saturated carbocycles. The Kier molecular flexibility index (Phi) is 5.75. The van der Waals surface area contributed by atoms with Gasteiger partial charge in [-0.25, -0.2) is 14.6 Å². The van der Waals surface area contributed by atoms with Crippen molar-refractivity contribution in [3.05, 3.63) is 35.4 Å². The third-order valence-corrected chi connectivity index (χ3v) is 2.94. The van der Waals surface area contributed by atoms with Crippen LogP contribution in [0.1, 0.15) is 36.8 Å². The number of hydrogen-bond acceptors (Lipinski definition) is 7. The molecule has 2 rings (SSSR count). The number of carboxylic acids is 1. The first-order valence-electron chi connectivity index (χ1n) is 7.73. The molecule has 0 radical (unpaired) electrons. The number of rotatable bonds is 6. The zero-order valence-electron chi connectivity index (χ0n) is 14.5. The molecule has 0 aliphatic carbocycles. The SMILES string of the molecule is CC(C)(C)OC(=O)NCCc1cc(Nc2nc(F)ccc2C(=O)O)on1. The normalized spacial score (nSPS) is 11.1. The molecule has 3 N–H and O–H groups in total. The number of pyridine rings is 1. The number of aromatic nitrogens is 2. The van der Waals surface area contributed by atoms with Gasteiger partial charge in [0, 0.05) is 19.0 Å². The van der Waals surface area contributed by atoms with Gasteiger partial charge in [0.2, 0.25) is 11.8 Å². The third kappa shape index (κ3) is 5.72. The summed E-state index contributed by atoms with van der Waals surface area (Å²) < 4.78 is 23.4. The van der Waals surface area contributed by atoms with E-state index < -0.39 is 23.6 Å². The topological polar surface area (TPSA) is 127 Å². The quantitative estimate of drug-likeness (QED) is 0.666. The van der Waals surface area contributed by atoms with Crippen LogP contribution < -0.4 is 10.6 Å². The van der Waals surface area contributed by atoms with Gasteiger partial charge in [0.1, 0.15) is 11.2 Å². The van der Waals surface area contributed by atoms with Crippen molar-refractivity contribution < 1.29 is 28.3 Å². The first kappa shape index (κ1) is 19.2. The fourth-order valence-electron chi connectivity index (χ4n) is 1.92. The Morgan fingerprint density at radius 3 is 2.73 bits per heavy atom. The minimum Gasteiger partial charge on any atom is -0.478 e. The van der Waals surface area contributed by atoms with Gasteiger partial charge in [-0.1, -0.05) is 5.16 Å². The molecule has 2 aromatic rings. The molecule has 0 fully saturated rings. The largest absolute Gasteiger partial charge is 0.478 e. The van der Waals surface area contributed by atoms with Crippen LogP contribution in [-0.4, -0.2) is 39.5 Å². The zero-order chi connectivity index (χ0) is 19.3. The van der Waals surface area contributed by atoms with Crippen LogP contribution in [0.4, 0.5) is 20.9 Å². The Hall–Kier alpha value is -3.17. The van der Waals surface area contributed by atoms with Crippen molar-refractivity contribution >= 4 is 23.8 Å². The molecule has 0 aromatic carbocycles. The van der Waals surface area contributed by atoms with Gasteiger partial charge in [0.05, 0.1) is 5.69 Å². The van der Waals surface area contributed by atoms with Crippen LogP contribution in [0.5, 0.6) is 0 Å². The van der Waals surface area contributed by atoms with E-state index in [2.05, 4.69) is 20.8 Å². The summed E-state index contributed by atoms with van der Waals surface area (Å²) in [5.41, 5.74) is -0.303. The lowest BCUT2D eigenvalue weighted by Gasteiger charge is -2.19. The molecule has 0 spiro atoms. The van der Waals surface area contributed by atoms with E-state index in [1.807, 2.05) is 0 Å². The predicted octanol–water partition coefficient (Wildman–Crippen LogP) is 2.72. The molecule has 0 bridgehead atoms. The van der Waals surface area contributed by atoms with Crippen LogP contribution in [0.15, 0.2) is 22.7 Å². The summed E-state index contributed by atoms with van der Waals surface area (Å²) in [7, 11) is 0. The summed E-state index contributed by atoms with van der Waals surface area (Å²) in [5, 5.41) is 18.0. The Balaban J connectivity index is 1.93. The van der Waals surface area contributed by atoms with Crippen LogP contribution in [0.2, 0.25) is 0 Å². The van der Waals surface area contributed by atoms with Crippen molar-refractivity contribution in [1.82, 2.24) is 15.5 Å². The van der Waals surface area contributed by atoms with Crippen LogP contribution in [0.25, 0.3) is 0 Å². The molecule has 1 amide bonds. The fourth-order valence-corrected chi connectivity index (χ4v) is 1.92. The number of aromatic carboxylic acids is 1. The Morgan fingerprint density at radius 1 is 1.35 bits per heavy atom. The number of hydrogen-bond donors (Lipinski definition) is 3. The molecule has 0 saturated heterocycles. The Labute approximate surface area is 148 Å². The van der Waals surface area contributed by atoms with Gasteiger partial charge < -0.3 is 25.0 Å². The maximum absolute atomic E-state index is 13.2. The van der Waals surface area contributed by atoms with Gasteiger partial charge in [0.15, 0.2) is 5.82 Å². The van der Waals surface area contributed by atoms with Gasteiger partial charge >= 0.3 is 12.1 Å². The minimum absolute atomic E-state index is 0.0952. The molecular weight excluding hydrogens is 347 g/mol. The molecule has 9 nitrogen and oxygen atoms in total. The van der Waals surface area contributed by atoms with Crippen LogP contribution in [-0.2, 0) is 11.2 Å². The number of carboxylic acid groups (broad SMARTS) is 1. The van der Waals surface area contributed by atoms with E-state index in [4.69, 9.17) is 14.4 Å². The lowest BCUT2D eigenvalue weighted by Crippen LogP contribution is -2.33. The number of ether oxygens (including phenoxy) is 1. The van der Waals surface area contributed by atoms with Crippen LogP contribution in [0, 0.1) is 5.95 Å². The molecule has 10 heteroatoms. The summed E-state index contributed by atoms with van der Waals surface area (Å²) in [6.45, 7) is 5.54. The van der Waals surface area contributed by atoms with E-state index in [1.165, 1.54) is 6.07 Å². The first-order valence-corrected chi connectivity index (χ1v) is 7.73. The highest BCUT2D eigenvalue weighted by molar-refractivity contribution is 5.93. The van der Waals surface area contributed by atoms with E-state index in [1.54, 1.807) is 20.8 Å². The molecule has 0 unspecified atom stereocenters. The van der Waals surface area contributed by atoms with Crippen LogP contribution >= 0.6 is 0 Å². The number of halogens is 1. The van der Waals surface area contributed by atoms with Crippen molar-refractivity contribution in [2.45, 2.75) is 32.8 Å². The Bertz CT molecular complexity index is 800. The minimum atomic E-state index is -1.26. The van der Waals surface area contributed by atoms with E-state index in [-0.39, 0.29) is 23.8 Å². The lowest BCUT2D eigenvalue weighted by molar-refractivity contribution is 0.0527. The van der Waals surface area contributed by atoms with Crippen molar-refractivity contribution in [2.24, 2.45) is 0 Å². The summed E-state index contributed by atoms with van der Waals surface area (Å²) in [6, 6.07) is 3.53. The number of anilines is 2. The second-order valence-corrected chi connectivity index (χ2v) is 6.32. The van der Waals surface area contributed by atoms with E-state index in [9.17, 15) is 14.0 Å². The zero-order valence-corrected chi connectivity index (χ0v) is 14.5. The van der Waals surface area contributed by atoms with Gasteiger partial charge in [-0.05, 0) is 32.9 Å². The highest BCUT2D eigenvalue weighted by atomic mass is 19.1. The average Bonchev–Trinajstić information content (AvgIpc) is 2.92. The second-order valence-electron chi connectivity index (χ2n) is 6.32. The molecule has 140 valence electrons. The maximum atomic E-state index is 13.2. The van der Waals surface area contributed by atoms with E-state index >= 15 is 0 Å². The first-order chi connectivity index (χ1) is 12.1. The molecule has 26 heavy (non-hydrogen) atoms. The van der Waals surface area contributed by atoms with Gasteiger partial charge in [0.25, 0.3) is 0 Å². The predicted molar refractivity (Wildman–Crippen MR) is 88.9 cm³/mol. The molecule has 0 aliphatic heterocycles. The number of carbonyl (C=O) groups excluding carboxylic acids is 1. The highest BCUT2D eigenvalue weighted by Crippen LogP contribution is 2.20. The number of carbonyl (C=O) groups is 2. The average molecular weight is 366 g/mol. The monoisotopic (exact) mass is 366 g/mol. The molecule has 0 atom stereocenters. The summed E-state index contributed by atoms with van der Waals surface area (Å²) in [5.74, 6) is -2.20. The molecular formula is C16H19FN4O5. The number of nitrogens with one attached hydrogen (secondary N) is 2. The van der Waals surface area contributed by atoms with Crippen LogP contribution in [0.3, 0.4) is 0 Å². The van der Waals surface area contributed by atoms with Crippen molar-refractivity contribution in [1.29, 1.82) is 0 Å². The lowest BCUT2D eigenvalue weighted by atomic mass is 10.2. The summed E-state index contributed by atoms with van der Waals surface area (Å²) >= 11 is 0. The Morgan fingerprint density at radius 2 is 2.08 bits per heavy atom. The number of nitrogens with zero attached hydrogens (tertiary/aromatic N) is 2. The molecule has 2 heterocycles. The van der Waals surface area contributed by atoms with Crippen molar-refractivity contribution in [2.75, 3.05) is 11.9 Å². The van der Waals surface area contributed by atoms with Crippen molar-refractivity contribution in [3.63, 3.8) is 0 Å². The standard InChI is InChI=1S/C16H19FN4O5/c1-16(2,3)25-15(24)18-7-6-9-8-12(26-21-9)20-13-10(14(22)23)4-5-11(17)19-13/h4-5,8H,6-7H2,1-3H3,(H,18,24)(H,19,20)(H,22,23). The van der Waals surface area contributed by atoms with E-state index in [0.717, 1.165) is 12.1 Å². The van der Waals surface area contributed by atoms with Gasteiger partial charge in [-0.3, -0.25) is 0 Å². The maximum Gasteiger partial charge on any atom is 0.407 e. The van der Waals surface area contributed by atoms with Gasteiger partial charge in [-0.2, -0.15) is 4.39 Å². The van der Waals surface area contributed by atoms with Gasteiger partial charge in [-0.15, -0.1) is 0 Å².